The summed E-state index contributed by atoms with van der Waals surface area (Å²) in [5.74, 6) is 0.700. The van der Waals surface area contributed by atoms with Crippen LogP contribution in [0.1, 0.15) is 18.4 Å². The third-order valence-electron chi connectivity index (χ3n) is 4.29. The second-order valence-electron chi connectivity index (χ2n) is 5.85. The summed E-state index contributed by atoms with van der Waals surface area (Å²) in [7, 11) is 3.22. The second-order valence-corrected chi connectivity index (χ2v) is 5.85. The minimum Gasteiger partial charge on any atom is -0.496 e. The van der Waals surface area contributed by atoms with Crippen LogP contribution in [0.5, 0.6) is 5.75 Å². The number of nitrogens with zero attached hydrogens (tertiary/aromatic N) is 1. The predicted molar refractivity (Wildman–Crippen MR) is 87.5 cm³/mol. The number of aliphatic hydroxyl groups is 1. The van der Waals surface area contributed by atoms with Crippen LogP contribution in [0.15, 0.2) is 24.3 Å². The van der Waals surface area contributed by atoms with E-state index in [2.05, 4.69) is 10.2 Å². The molecule has 0 atom stereocenters. The predicted octanol–water partition coefficient (Wildman–Crippen LogP) is 0.741. The number of piperidine rings is 1. The van der Waals surface area contributed by atoms with Crippen molar-refractivity contribution in [3.8, 4) is 5.75 Å². The van der Waals surface area contributed by atoms with Gasteiger partial charge in [0.05, 0.1) is 25.9 Å². The van der Waals surface area contributed by atoms with Gasteiger partial charge in [-0.3, -0.25) is 9.69 Å². The summed E-state index contributed by atoms with van der Waals surface area (Å²) < 4.78 is 10.3. The van der Waals surface area contributed by atoms with Gasteiger partial charge in [0.25, 0.3) is 0 Å². The Kier molecular flexibility index (Phi) is 6.38. The van der Waals surface area contributed by atoms with Gasteiger partial charge in [-0.25, -0.2) is 0 Å². The van der Waals surface area contributed by atoms with Gasteiger partial charge >= 0.3 is 0 Å². The molecular weight excluding hydrogens is 296 g/mol. The Morgan fingerprint density at radius 3 is 2.65 bits per heavy atom. The molecule has 0 saturated carbocycles. The van der Waals surface area contributed by atoms with Crippen LogP contribution in [0.4, 0.5) is 0 Å². The number of hydrogen-bond acceptors (Lipinski definition) is 5. The molecule has 1 heterocycles. The third kappa shape index (κ3) is 4.67. The number of carbonyl (C=O) groups is 1. The highest BCUT2D eigenvalue weighted by Gasteiger charge is 2.36. The first-order valence-corrected chi connectivity index (χ1v) is 7.93. The Hall–Kier alpha value is -1.63. The first-order valence-electron chi connectivity index (χ1n) is 7.93. The molecule has 0 spiro atoms. The Balaban J connectivity index is 1.88. The summed E-state index contributed by atoms with van der Waals surface area (Å²) in [4.78, 5) is 13.9. The lowest BCUT2D eigenvalue weighted by Gasteiger charge is -2.38. The molecule has 0 bridgehead atoms. The average Bonchev–Trinajstić information content (AvgIpc) is 2.57. The molecule has 1 saturated heterocycles. The molecule has 6 heteroatoms. The van der Waals surface area contributed by atoms with Crippen LogP contribution in [-0.2, 0) is 15.1 Å². The molecular formula is C17H26N2O4. The highest BCUT2D eigenvalue weighted by molar-refractivity contribution is 5.78. The molecule has 1 fully saturated rings. The van der Waals surface area contributed by atoms with Crippen molar-refractivity contribution in [1.29, 1.82) is 0 Å². The highest BCUT2D eigenvalue weighted by atomic mass is 16.5. The Morgan fingerprint density at radius 1 is 1.30 bits per heavy atom. The zero-order chi connectivity index (χ0) is 16.7. The number of ether oxygens (including phenoxy) is 2. The van der Waals surface area contributed by atoms with Crippen LogP contribution >= 0.6 is 0 Å². The van der Waals surface area contributed by atoms with Gasteiger partial charge in [0.2, 0.25) is 5.91 Å². The second kappa shape index (κ2) is 8.29. The Morgan fingerprint density at radius 2 is 2.00 bits per heavy atom. The van der Waals surface area contributed by atoms with E-state index in [0.29, 0.717) is 51.4 Å². The van der Waals surface area contributed by atoms with Gasteiger partial charge < -0.3 is 19.9 Å². The lowest BCUT2D eigenvalue weighted by atomic mass is 9.84. The molecule has 0 radical (unpaired) electrons. The number of amides is 1. The number of rotatable bonds is 7. The maximum atomic E-state index is 11.8. The molecule has 6 nitrogen and oxygen atoms in total. The van der Waals surface area contributed by atoms with Gasteiger partial charge in [-0.05, 0) is 18.9 Å². The van der Waals surface area contributed by atoms with E-state index in [4.69, 9.17) is 9.47 Å². The van der Waals surface area contributed by atoms with Crippen molar-refractivity contribution >= 4 is 5.91 Å². The smallest absolute Gasteiger partial charge is 0.234 e. The van der Waals surface area contributed by atoms with Gasteiger partial charge in [0.1, 0.15) is 5.75 Å². The number of likely N-dealkylation sites (tertiary alicyclic amines) is 1. The minimum atomic E-state index is -0.893. The van der Waals surface area contributed by atoms with Crippen LogP contribution < -0.4 is 10.1 Å². The Bertz CT molecular complexity index is 513. The molecule has 1 aliphatic heterocycles. The van der Waals surface area contributed by atoms with Crippen LogP contribution in [0, 0.1) is 0 Å². The van der Waals surface area contributed by atoms with E-state index in [9.17, 15) is 9.90 Å². The molecule has 2 rings (SSSR count). The fourth-order valence-electron chi connectivity index (χ4n) is 2.93. The maximum Gasteiger partial charge on any atom is 0.234 e. The summed E-state index contributed by atoms with van der Waals surface area (Å²) in [6.45, 7) is 2.73. The van der Waals surface area contributed by atoms with Crippen molar-refractivity contribution in [2.75, 3.05) is 47.0 Å². The van der Waals surface area contributed by atoms with Crippen molar-refractivity contribution in [3.05, 3.63) is 29.8 Å². The molecule has 128 valence electrons. The average molecular weight is 322 g/mol. The highest BCUT2D eigenvalue weighted by Crippen LogP contribution is 2.37. The summed E-state index contributed by atoms with van der Waals surface area (Å²) in [5, 5.41) is 13.8. The molecule has 2 N–H and O–H groups in total. The maximum absolute atomic E-state index is 11.8. The van der Waals surface area contributed by atoms with E-state index < -0.39 is 5.60 Å². The monoisotopic (exact) mass is 322 g/mol. The number of nitrogens with one attached hydrogen (secondary N) is 1. The number of hydrogen-bond donors (Lipinski definition) is 2. The van der Waals surface area contributed by atoms with E-state index in [1.165, 1.54) is 0 Å². The molecule has 1 amide bonds. The minimum absolute atomic E-state index is 0.00946. The summed E-state index contributed by atoms with van der Waals surface area (Å²) >= 11 is 0. The third-order valence-corrected chi connectivity index (χ3v) is 4.29. The summed E-state index contributed by atoms with van der Waals surface area (Å²) in [5.41, 5.74) is -0.0676. The number of benzene rings is 1. The Labute approximate surface area is 137 Å². The topological polar surface area (TPSA) is 71.0 Å². The largest absolute Gasteiger partial charge is 0.496 e. The molecule has 1 aromatic carbocycles. The lowest BCUT2D eigenvalue weighted by molar-refractivity contribution is -0.123. The molecule has 1 aromatic rings. The standard InChI is InChI=1S/C17H26N2O4/c1-22-12-9-18-16(20)13-19-10-7-17(21,8-11-19)14-5-3-4-6-15(14)23-2/h3-6,21H,7-13H2,1-2H3,(H,18,20). The van der Waals surface area contributed by atoms with E-state index in [0.717, 1.165) is 5.56 Å². The number of para-hydroxylation sites is 1. The quantitative estimate of drug-likeness (QED) is 0.725. The SMILES string of the molecule is COCCNC(=O)CN1CCC(O)(c2ccccc2OC)CC1. The fraction of sp³-hybridized carbons (Fsp3) is 0.588. The van der Waals surface area contributed by atoms with Crippen molar-refractivity contribution in [2.24, 2.45) is 0 Å². The van der Waals surface area contributed by atoms with Crippen molar-refractivity contribution < 1.29 is 19.4 Å². The number of carbonyl (C=O) groups excluding carboxylic acids is 1. The van der Waals surface area contributed by atoms with Crippen LogP contribution in [0.25, 0.3) is 0 Å². The molecule has 1 aliphatic rings. The zero-order valence-corrected chi connectivity index (χ0v) is 13.9. The van der Waals surface area contributed by atoms with Gasteiger partial charge in [-0.1, -0.05) is 18.2 Å². The molecule has 0 unspecified atom stereocenters. The lowest BCUT2D eigenvalue weighted by Crippen LogP contribution is -2.46. The number of methoxy groups -OCH3 is 2. The first kappa shape index (κ1) is 17.7. The normalized spacial score (nSPS) is 17.7. The van der Waals surface area contributed by atoms with Gasteiger partial charge in [-0.15, -0.1) is 0 Å². The van der Waals surface area contributed by atoms with Crippen molar-refractivity contribution in [2.45, 2.75) is 18.4 Å². The summed E-state index contributed by atoms with van der Waals surface area (Å²) in [6, 6.07) is 7.57. The van der Waals surface area contributed by atoms with Gasteiger partial charge in [0.15, 0.2) is 0 Å². The zero-order valence-electron chi connectivity index (χ0n) is 13.9. The van der Waals surface area contributed by atoms with Gasteiger partial charge in [-0.2, -0.15) is 0 Å². The van der Waals surface area contributed by atoms with Gasteiger partial charge in [0, 0.05) is 32.3 Å². The first-order chi connectivity index (χ1) is 11.1. The summed E-state index contributed by atoms with van der Waals surface area (Å²) in [6.07, 6.45) is 1.16. The molecule has 0 aromatic heterocycles. The van der Waals surface area contributed by atoms with E-state index >= 15 is 0 Å². The molecule has 0 aliphatic carbocycles. The van der Waals surface area contributed by atoms with Crippen molar-refractivity contribution in [1.82, 2.24) is 10.2 Å². The molecule has 23 heavy (non-hydrogen) atoms. The van der Waals surface area contributed by atoms with Crippen LogP contribution in [-0.4, -0.2) is 62.9 Å². The van der Waals surface area contributed by atoms with Crippen LogP contribution in [0.2, 0.25) is 0 Å². The van der Waals surface area contributed by atoms with E-state index in [1.807, 2.05) is 24.3 Å². The fourth-order valence-corrected chi connectivity index (χ4v) is 2.93. The van der Waals surface area contributed by atoms with Crippen LogP contribution in [0.3, 0.4) is 0 Å². The van der Waals surface area contributed by atoms with E-state index in [-0.39, 0.29) is 5.91 Å². The van der Waals surface area contributed by atoms with Crippen molar-refractivity contribution in [3.63, 3.8) is 0 Å². The van der Waals surface area contributed by atoms with E-state index in [1.54, 1.807) is 14.2 Å².